The Morgan fingerprint density at radius 2 is 1.91 bits per heavy atom. The van der Waals surface area contributed by atoms with E-state index in [1.165, 1.54) is 5.57 Å². The number of fused-ring (bicyclic) bond motifs is 2. The first kappa shape index (κ1) is 17.4. The maximum absolute atomic E-state index is 11.2. The molecule has 2 N–H and O–H groups in total. The van der Waals surface area contributed by atoms with Gasteiger partial charge >= 0.3 is 0 Å². The van der Waals surface area contributed by atoms with E-state index in [1.54, 1.807) is 0 Å². The van der Waals surface area contributed by atoms with E-state index in [0.29, 0.717) is 5.92 Å². The van der Waals surface area contributed by atoms with Crippen LogP contribution in [0.2, 0.25) is 0 Å². The van der Waals surface area contributed by atoms with Crippen LogP contribution in [0.25, 0.3) is 0 Å². The van der Waals surface area contributed by atoms with Crippen LogP contribution < -0.4 is 0 Å². The third-order valence-corrected chi connectivity index (χ3v) is 7.12. The number of aliphatic hydroxyl groups is 2. The monoisotopic (exact) mass is 322 g/mol. The van der Waals surface area contributed by atoms with Gasteiger partial charge < -0.3 is 14.9 Å². The van der Waals surface area contributed by atoms with E-state index in [0.717, 1.165) is 38.5 Å². The fraction of sp³-hybridized carbons (Fsp3) is 0.900. The molecule has 1 saturated carbocycles. The predicted molar refractivity (Wildman–Crippen MR) is 92.1 cm³/mol. The molecule has 0 spiro atoms. The van der Waals surface area contributed by atoms with Crippen molar-refractivity contribution in [3.63, 3.8) is 0 Å². The van der Waals surface area contributed by atoms with Crippen molar-refractivity contribution in [2.75, 3.05) is 0 Å². The van der Waals surface area contributed by atoms with Gasteiger partial charge in [0, 0.05) is 0 Å². The normalized spacial score (nSPS) is 48.0. The molecule has 132 valence electrons. The number of rotatable bonds is 1. The molecule has 0 aromatic carbocycles. The molecule has 1 aliphatic heterocycles. The minimum atomic E-state index is -0.687. The molecule has 1 saturated heterocycles. The summed E-state index contributed by atoms with van der Waals surface area (Å²) in [7, 11) is 0. The van der Waals surface area contributed by atoms with Gasteiger partial charge in [-0.15, -0.1) is 0 Å². The summed E-state index contributed by atoms with van der Waals surface area (Å²) < 4.78 is 5.98. The van der Waals surface area contributed by atoms with Gasteiger partial charge in [-0.25, -0.2) is 0 Å². The fourth-order valence-electron chi connectivity index (χ4n) is 5.35. The quantitative estimate of drug-likeness (QED) is 0.570. The Hall–Kier alpha value is -0.380. The molecule has 3 heteroatoms. The molecule has 2 aliphatic carbocycles. The van der Waals surface area contributed by atoms with E-state index in [2.05, 4.69) is 26.8 Å². The van der Waals surface area contributed by atoms with Crippen LogP contribution in [0.1, 0.15) is 73.1 Å². The van der Waals surface area contributed by atoms with E-state index in [9.17, 15) is 10.2 Å². The second-order valence-electron chi connectivity index (χ2n) is 9.33. The van der Waals surface area contributed by atoms with Gasteiger partial charge in [-0.3, -0.25) is 0 Å². The van der Waals surface area contributed by atoms with Gasteiger partial charge in [0.1, 0.15) is 6.10 Å². The van der Waals surface area contributed by atoms with Crippen LogP contribution in [-0.4, -0.2) is 33.6 Å². The topological polar surface area (TPSA) is 53.0 Å². The van der Waals surface area contributed by atoms with Crippen molar-refractivity contribution >= 4 is 0 Å². The molecular formula is C20H34O3. The van der Waals surface area contributed by atoms with Gasteiger partial charge in [0.15, 0.2) is 0 Å². The van der Waals surface area contributed by atoms with Crippen LogP contribution in [0, 0.1) is 17.3 Å². The third kappa shape index (κ3) is 3.01. The first-order valence-corrected chi connectivity index (χ1v) is 9.32. The molecule has 1 heterocycles. The van der Waals surface area contributed by atoms with Gasteiger partial charge in [0.2, 0.25) is 0 Å². The molecular weight excluding hydrogens is 288 g/mol. The standard InChI is InChI=1S/C20H34O3/c1-13-7-6-11-20(5)17(23-20)16(21)19(4)12-10-14(18(2,3)22)15(19)9-8-13/h7,14-17,21-22H,6,8-12H2,1-5H3. The minimum absolute atomic E-state index is 0.0395. The maximum atomic E-state index is 11.2. The smallest absolute Gasteiger partial charge is 0.113 e. The molecule has 3 rings (SSSR count). The highest BCUT2D eigenvalue weighted by Gasteiger charge is 2.63. The molecule has 3 aliphatic rings. The number of ether oxygens (including phenoxy) is 1. The third-order valence-electron chi connectivity index (χ3n) is 7.12. The lowest BCUT2D eigenvalue weighted by Gasteiger charge is -2.41. The Morgan fingerprint density at radius 1 is 1.22 bits per heavy atom. The van der Waals surface area contributed by atoms with Crippen LogP contribution in [0.3, 0.4) is 0 Å². The highest BCUT2D eigenvalue weighted by Crippen LogP contribution is 2.58. The summed E-state index contributed by atoms with van der Waals surface area (Å²) in [5.74, 6) is 0.591. The van der Waals surface area contributed by atoms with E-state index >= 15 is 0 Å². The average Bonchev–Trinajstić information content (AvgIpc) is 2.97. The number of epoxide rings is 1. The van der Waals surface area contributed by atoms with Crippen molar-refractivity contribution < 1.29 is 14.9 Å². The highest BCUT2D eigenvalue weighted by atomic mass is 16.6. The lowest BCUT2D eigenvalue weighted by atomic mass is 9.66. The first-order valence-electron chi connectivity index (χ1n) is 9.32. The van der Waals surface area contributed by atoms with Crippen LogP contribution in [0.4, 0.5) is 0 Å². The van der Waals surface area contributed by atoms with E-state index in [4.69, 9.17) is 4.74 Å². The van der Waals surface area contributed by atoms with Gasteiger partial charge in [0.05, 0.1) is 17.3 Å². The number of allylic oxidation sites excluding steroid dienone is 2. The summed E-state index contributed by atoms with van der Waals surface area (Å²) in [4.78, 5) is 0. The molecule has 0 amide bonds. The van der Waals surface area contributed by atoms with Crippen molar-refractivity contribution in [2.45, 2.75) is 96.6 Å². The van der Waals surface area contributed by atoms with Crippen LogP contribution in [0.5, 0.6) is 0 Å². The van der Waals surface area contributed by atoms with Crippen LogP contribution in [0.15, 0.2) is 11.6 Å². The SMILES string of the molecule is CC1=CCCC2(C)OC2C(O)C2(C)CCC(C(C)(C)O)C2CC1. The summed E-state index contributed by atoms with van der Waals surface area (Å²) in [6.45, 7) is 10.5. The van der Waals surface area contributed by atoms with Crippen LogP contribution in [-0.2, 0) is 4.74 Å². The van der Waals surface area contributed by atoms with Crippen molar-refractivity contribution in [1.82, 2.24) is 0 Å². The lowest BCUT2D eigenvalue weighted by Crippen LogP contribution is -2.45. The van der Waals surface area contributed by atoms with E-state index < -0.39 is 11.7 Å². The predicted octanol–water partition coefficient (Wildman–Crippen LogP) is 3.83. The highest BCUT2D eigenvalue weighted by molar-refractivity contribution is 5.14. The second kappa shape index (κ2) is 5.57. The lowest BCUT2D eigenvalue weighted by molar-refractivity contribution is -0.0563. The molecule has 6 atom stereocenters. The zero-order valence-electron chi connectivity index (χ0n) is 15.4. The van der Waals surface area contributed by atoms with Crippen molar-refractivity contribution in [1.29, 1.82) is 0 Å². The van der Waals surface area contributed by atoms with Crippen molar-refractivity contribution in [2.24, 2.45) is 17.3 Å². The molecule has 23 heavy (non-hydrogen) atoms. The first-order chi connectivity index (χ1) is 10.6. The summed E-state index contributed by atoms with van der Waals surface area (Å²) >= 11 is 0. The van der Waals surface area contributed by atoms with Crippen molar-refractivity contribution in [3.8, 4) is 0 Å². The zero-order valence-corrected chi connectivity index (χ0v) is 15.4. The Kier molecular flexibility index (Phi) is 4.23. The average molecular weight is 322 g/mol. The molecule has 6 unspecified atom stereocenters. The molecule has 0 aromatic heterocycles. The Morgan fingerprint density at radius 3 is 2.57 bits per heavy atom. The Bertz CT molecular complexity index is 492. The molecule has 0 bridgehead atoms. The van der Waals surface area contributed by atoms with Gasteiger partial charge in [-0.2, -0.15) is 0 Å². The molecule has 0 radical (unpaired) electrons. The van der Waals surface area contributed by atoms with E-state index in [-0.39, 0.29) is 23.0 Å². The number of aliphatic hydroxyl groups excluding tert-OH is 1. The van der Waals surface area contributed by atoms with Gasteiger partial charge in [-0.1, -0.05) is 18.6 Å². The summed E-state index contributed by atoms with van der Waals surface area (Å²) in [6, 6.07) is 0. The summed E-state index contributed by atoms with van der Waals surface area (Å²) in [6.07, 6.45) is 7.98. The second-order valence-corrected chi connectivity index (χ2v) is 9.33. The zero-order chi connectivity index (χ0) is 17.0. The van der Waals surface area contributed by atoms with Crippen LogP contribution >= 0.6 is 0 Å². The number of hydrogen-bond acceptors (Lipinski definition) is 3. The van der Waals surface area contributed by atoms with E-state index in [1.807, 2.05) is 13.8 Å². The number of hydrogen-bond donors (Lipinski definition) is 2. The Labute approximate surface area is 141 Å². The Balaban J connectivity index is 1.93. The van der Waals surface area contributed by atoms with Gasteiger partial charge in [-0.05, 0) is 83.5 Å². The van der Waals surface area contributed by atoms with Gasteiger partial charge in [0.25, 0.3) is 0 Å². The summed E-state index contributed by atoms with van der Waals surface area (Å²) in [5, 5.41) is 21.8. The molecule has 0 aromatic rings. The van der Waals surface area contributed by atoms with Crippen molar-refractivity contribution in [3.05, 3.63) is 11.6 Å². The molecule has 3 nitrogen and oxygen atoms in total. The fourth-order valence-corrected chi connectivity index (χ4v) is 5.35. The molecule has 2 fully saturated rings. The summed E-state index contributed by atoms with van der Waals surface area (Å²) in [5.41, 5.74) is 0.428. The largest absolute Gasteiger partial charge is 0.390 e. The minimum Gasteiger partial charge on any atom is -0.390 e. The maximum Gasteiger partial charge on any atom is 0.113 e.